The normalized spacial score (nSPS) is 10.8. The number of nitrogens with zero attached hydrogens (tertiary/aromatic N) is 1. The van der Waals surface area contributed by atoms with Gasteiger partial charge in [0.25, 0.3) is 0 Å². The minimum atomic E-state index is 0.596. The predicted molar refractivity (Wildman–Crippen MR) is 75.4 cm³/mol. The average molecular weight is 228 g/mol. The zero-order valence-electron chi connectivity index (χ0n) is 10.6. The van der Waals surface area contributed by atoms with Crippen molar-refractivity contribution in [3.05, 3.63) is 42.0 Å². The van der Waals surface area contributed by atoms with Crippen LogP contribution in [0.4, 0.5) is 5.69 Å². The van der Waals surface area contributed by atoms with E-state index in [1.165, 1.54) is 22.0 Å². The summed E-state index contributed by atoms with van der Waals surface area (Å²) in [7, 11) is 0. The first kappa shape index (κ1) is 11.9. The van der Waals surface area contributed by atoms with Gasteiger partial charge in [-0.25, -0.2) is 0 Å². The number of benzene rings is 2. The first-order valence-corrected chi connectivity index (χ1v) is 6.27. The molecular weight excluding hydrogens is 208 g/mol. The maximum absolute atomic E-state index is 5.79. The van der Waals surface area contributed by atoms with Gasteiger partial charge >= 0.3 is 0 Å². The minimum absolute atomic E-state index is 0.596. The highest BCUT2D eigenvalue weighted by atomic mass is 15.1. The Morgan fingerprint density at radius 2 is 1.59 bits per heavy atom. The number of nitrogens with two attached hydrogens (primary N) is 1. The van der Waals surface area contributed by atoms with Gasteiger partial charge in [0.05, 0.1) is 0 Å². The molecule has 2 aromatic carbocycles. The molecule has 2 aromatic rings. The molecule has 0 saturated heterocycles. The van der Waals surface area contributed by atoms with Gasteiger partial charge in [-0.05, 0) is 30.9 Å². The molecule has 0 spiro atoms. The molecule has 0 aromatic heterocycles. The highest BCUT2D eigenvalue weighted by Crippen LogP contribution is 2.29. The second-order valence-corrected chi connectivity index (χ2v) is 4.17. The van der Waals surface area contributed by atoms with Crippen LogP contribution in [0.15, 0.2) is 36.4 Å². The summed E-state index contributed by atoms with van der Waals surface area (Å²) in [4.78, 5) is 2.38. The summed E-state index contributed by atoms with van der Waals surface area (Å²) >= 11 is 0. The number of anilines is 1. The van der Waals surface area contributed by atoms with Crippen molar-refractivity contribution in [2.75, 3.05) is 18.0 Å². The van der Waals surface area contributed by atoms with E-state index < -0.39 is 0 Å². The molecule has 0 unspecified atom stereocenters. The zero-order valence-corrected chi connectivity index (χ0v) is 10.6. The van der Waals surface area contributed by atoms with Crippen molar-refractivity contribution in [3.8, 4) is 0 Å². The maximum Gasteiger partial charge on any atom is 0.0445 e. The predicted octanol–water partition coefficient (Wildman–Crippen LogP) is 3.14. The van der Waals surface area contributed by atoms with E-state index in [0.29, 0.717) is 6.54 Å². The maximum atomic E-state index is 5.79. The Balaban J connectivity index is 2.66. The lowest BCUT2D eigenvalue weighted by Crippen LogP contribution is -2.22. The topological polar surface area (TPSA) is 29.3 Å². The van der Waals surface area contributed by atoms with Crippen LogP contribution < -0.4 is 10.6 Å². The van der Waals surface area contributed by atoms with Crippen molar-refractivity contribution in [1.29, 1.82) is 0 Å². The number of fused-ring (bicyclic) bond motifs is 1. The van der Waals surface area contributed by atoms with Crippen LogP contribution in [-0.2, 0) is 6.54 Å². The van der Waals surface area contributed by atoms with Crippen molar-refractivity contribution in [1.82, 2.24) is 0 Å². The van der Waals surface area contributed by atoms with Crippen molar-refractivity contribution in [2.24, 2.45) is 5.73 Å². The van der Waals surface area contributed by atoms with Crippen molar-refractivity contribution < 1.29 is 0 Å². The van der Waals surface area contributed by atoms with Crippen LogP contribution >= 0.6 is 0 Å². The molecule has 2 rings (SSSR count). The Morgan fingerprint density at radius 1 is 0.941 bits per heavy atom. The molecule has 0 radical (unpaired) electrons. The van der Waals surface area contributed by atoms with Crippen LogP contribution in [0, 0.1) is 0 Å². The monoisotopic (exact) mass is 228 g/mol. The Labute approximate surface area is 103 Å². The number of hydrogen-bond acceptors (Lipinski definition) is 2. The molecule has 0 heterocycles. The fourth-order valence-electron chi connectivity index (χ4n) is 2.36. The van der Waals surface area contributed by atoms with Gasteiger partial charge in [0.1, 0.15) is 0 Å². The highest BCUT2D eigenvalue weighted by Gasteiger charge is 2.08. The minimum Gasteiger partial charge on any atom is -0.372 e. The van der Waals surface area contributed by atoms with Gasteiger partial charge in [0, 0.05) is 30.7 Å². The summed E-state index contributed by atoms with van der Waals surface area (Å²) in [5.41, 5.74) is 8.32. The van der Waals surface area contributed by atoms with E-state index in [0.717, 1.165) is 13.1 Å². The number of rotatable bonds is 4. The van der Waals surface area contributed by atoms with Crippen molar-refractivity contribution >= 4 is 16.5 Å². The van der Waals surface area contributed by atoms with E-state index >= 15 is 0 Å². The van der Waals surface area contributed by atoms with Gasteiger partial charge < -0.3 is 10.6 Å². The third-order valence-corrected chi connectivity index (χ3v) is 3.32. The first-order valence-electron chi connectivity index (χ1n) is 6.27. The van der Waals surface area contributed by atoms with Crippen LogP contribution in [0.25, 0.3) is 10.8 Å². The van der Waals surface area contributed by atoms with Crippen LogP contribution in [-0.4, -0.2) is 13.1 Å². The molecule has 2 N–H and O–H groups in total. The summed E-state index contributed by atoms with van der Waals surface area (Å²) in [6.45, 7) is 7.04. The summed E-state index contributed by atoms with van der Waals surface area (Å²) in [5, 5.41) is 2.58. The quantitative estimate of drug-likeness (QED) is 0.871. The van der Waals surface area contributed by atoms with E-state index in [2.05, 4.69) is 55.1 Å². The second-order valence-electron chi connectivity index (χ2n) is 4.17. The smallest absolute Gasteiger partial charge is 0.0445 e. The van der Waals surface area contributed by atoms with Crippen molar-refractivity contribution in [3.63, 3.8) is 0 Å². The van der Waals surface area contributed by atoms with E-state index in [4.69, 9.17) is 5.73 Å². The number of hydrogen-bond donors (Lipinski definition) is 1. The summed E-state index contributed by atoms with van der Waals surface area (Å²) in [6, 6.07) is 12.9. The fraction of sp³-hybridized carbons (Fsp3) is 0.333. The van der Waals surface area contributed by atoms with E-state index in [1.54, 1.807) is 0 Å². The van der Waals surface area contributed by atoms with Crippen molar-refractivity contribution in [2.45, 2.75) is 20.4 Å². The molecule has 90 valence electrons. The fourth-order valence-corrected chi connectivity index (χ4v) is 2.36. The molecule has 0 aliphatic heterocycles. The molecule has 0 bridgehead atoms. The van der Waals surface area contributed by atoms with Crippen LogP contribution in [0.2, 0.25) is 0 Å². The van der Waals surface area contributed by atoms with Crippen LogP contribution in [0.3, 0.4) is 0 Å². The Morgan fingerprint density at radius 3 is 2.18 bits per heavy atom. The van der Waals surface area contributed by atoms with Gasteiger partial charge in [0.15, 0.2) is 0 Å². The second kappa shape index (κ2) is 5.19. The lowest BCUT2D eigenvalue weighted by molar-refractivity contribution is 0.870. The van der Waals surface area contributed by atoms with Gasteiger partial charge in [-0.1, -0.05) is 30.3 Å². The van der Waals surface area contributed by atoms with Gasteiger partial charge in [-0.15, -0.1) is 0 Å². The molecule has 0 fully saturated rings. The van der Waals surface area contributed by atoms with Gasteiger partial charge in [-0.3, -0.25) is 0 Å². The molecule has 0 amide bonds. The van der Waals surface area contributed by atoms with Crippen LogP contribution in [0.5, 0.6) is 0 Å². The summed E-state index contributed by atoms with van der Waals surface area (Å²) < 4.78 is 0. The van der Waals surface area contributed by atoms with E-state index in [9.17, 15) is 0 Å². The third-order valence-electron chi connectivity index (χ3n) is 3.32. The average Bonchev–Trinajstić information content (AvgIpc) is 2.40. The molecular formula is C15H20N2. The SMILES string of the molecule is CCN(CC)c1ccc(CN)c2ccccc12. The lowest BCUT2D eigenvalue weighted by atomic mass is 10.0. The molecule has 0 saturated carbocycles. The highest BCUT2D eigenvalue weighted by molar-refractivity contribution is 5.96. The van der Waals surface area contributed by atoms with Gasteiger partial charge in [-0.2, -0.15) is 0 Å². The van der Waals surface area contributed by atoms with Gasteiger partial charge in [0.2, 0.25) is 0 Å². The van der Waals surface area contributed by atoms with Crippen LogP contribution in [0.1, 0.15) is 19.4 Å². The lowest BCUT2D eigenvalue weighted by Gasteiger charge is -2.23. The molecule has 0 aliphatic carbocycles. The Kier molecular flexibility index (Phi) is 3.64. The Bertz CT molecular complexity index is 501. The zero-order chi connectivity index (χ0) is 12.3. The molecule has 2 heteroatoms. The largest absolute Gasteiger partial charge is 0.372 e. The molecule has 0 atom stereocenters. The Hall–Kier alpha value is -1.54. The molecule has 17 heavy (non-hydrogen) atoms. The summed E-state index contributed by atoms with van der Waals surface area (Å²) in [6.07, 6.45) is 0. The van der Waals surface area contributed by atoms with E-state index in [-0.39, 0.29) is 0 Å². The molecule has 0 aliphatic rings. The standard InChI is InChI=1S/C15H20N2/c1-3-17(4-2)15-10-9-12(11-16)13-7-5-6-8-14(13)15/h5-10H,3-4,11,16H2,1-2H3. The summed E-state index contributed by atoms with van der Waals surface area (Å²) in [5.74, 6) is 0. The molecule has 2 nitrogen and oxygen atoms in total. The third kappa shape index (κ3) is 2.13. The first-order chi connectivity index (χ1) is 8.31. The van der Waals surface area contributed by atoms with E-state index in [1.807, 2.05) is 0 Å².